The van der Waals surface area contributed by atoms with Crippen LogP contribution in [-0.2, 0) is 4.79 Å². The Kier molecular flexibility index (Phi) is 4.84. The van der Waals surface area contributed by atoms with Gasteiger partial charge in [0.2, 0.25) is 5.91 Å². The zero-order chi connectivity index (χ0) is 20.0. The average Bonchev–Trinajstić information content (AvgIpc) is 3.07. The van der Waals surface area contributed by atoms with E-state index in [-0.39, 0.29) is 11.9 Å². The van der Waals surface area contributed by atoms with E-state index in [9.17, 15) is 14.7 Å². The second-order valence-electron chi connectivity index (χ2n) is 7.76. The number of hydrogen-bond donors (Lipinski definition) is 1. The van der Waals surface area contributed by atoms with Crippen LogP contribution in [0.15, 0.2) is 24.3 Å². The molecule has 2 aliphatic heterocycles. The maximum atomic E-state index is 11.9. The molecule has 1 aromatic heterocycles. The summed E-state index contributed by atoms with van der Waals surface area (Å²) in [5.41, 5.74) is 2.49. The van der Waals surface area contributed by atoms with Crippen molar-refractivity contribution in [3.8, 4) is 0 Å². The Morgan fingerprint density at radius 3 is 2.82 bits per heavy atom. The molecule has 1 N–H and O–H groups in total. The highest BCUT2D eigenvalue weighted by Gasteiger charge is 2.31. The number of aromatic nitrogens is 1. The molecule has 0 radical (unpaired) electrons. The highest BCUT2D eigenvalue weighted by molar-refractivity contribution is 7.18. The van der Waals surface area contributed by atoms with E-state index in [1.54, 1.807) is 16.2 Å². The molecule has 2 aromatic rings. The van der Waals surface area contributed by atoms with Crippen LogP contribution < -0.4 is 0 Å². The van der Waals surface area contributed by atoms with E-state index in [4.69, 9.17) is 4.98 Å². The van der Waals surface area contributed by atoms with E-state index in [2.05, 4.69) is 6.92 Å². The first kappa shape index (κ1) is 18.9. The number of nitrogens with zero attached hydrogens (tertiary/aromatic N) is 4. The van der Waals surface area contributed by atoms with Gasteiger partial charge in [-0.3, -0.25) is 14.6 Å². The van der Waals surface area contributed by atoms with E-state index in [0.29, 0.717) is 25.6 Å². The summed E-state index contributed by atoms with van der Waals surface area (Å²) in [6.45, 7) is 3.58. The van der Waals surface area contributed by atoms with Gasteiger partial charge in [0.1, 0.15) is 5.01 Å². The number of piperazine rings is 1. The van der Waals surface area contributed by atoms with Gasteiger partial charge in [0, 0.05) is 25.7 Å². The maximum Gasteiger partial charge on any atom is 0.411 e. The van der Waals surface area contributed by atoms with Gasteiger partial charge in [-0.2, -0.15) is 0 Å². The molecule has 0 saturated carbocycles. The van der Waals surface area contributed by atoms with Crippen molar-refractivity contribution in [2.24, 2.45) is 5.92 Å². The molecule has 2 amide bonds. The van der Waals surface area contributed by atoms with Gasteiger partial charge in [-0.1, -0.05) is 19.1 Å². The lowest BCUT2D eigenvalue weighted by Gasteiger charge is -2.35. The van der Waals surface area contributed by atoms with Crippen LogP contribution in [0.1, 0.15) is 30.0 Å². The summed E-state index contributed by atoms with van der Waals surface area (Å²) < 4.78 is 1.07. The van der Waals surface area contributed by atoms with E-state index >= 15 is 0 Å². The SMILES string of the molecule is C[C@H]1CC=C(c2ccc3sc(C4CN(C)C(=O)CN4C)nc3c2)N(C(=O)O)C1. The van der Waals surface area contributed by atoms with Gasteiger partial charge in [0.05, 0.1) is 28.5 Å². The monoisotopic (exact) mass is 400 g/mol. The molecule has 148 valence electrons. The zero-order valence-corrected chi connectivity index (χ0v) is 17.1. The lowest BCUT2D eigenvalue weighted by Crippen LogP contribution is -2.48. The first-order chi connectivity index (χ1) is 13.3. The fourth-order valence-corrected chi connectivity index (χ4v) is 4.93. The van der Waals surface area contributed by atoms with Gasteiger partial charge < -0.3 is 10.0 Å². The summed E-state index contributed by atoms with van der Waals surface area (Å²) in [4.78, 5) is 33.6. The summed E-state index contributed by atoms with van der Waals surface area (Å²) in [5.74, 6) is 0.436. The largest absolute Gasteiger partial charge is 0.465 e. The third-order valence-electron chi connectivity index (χ3n) is 5.50. The molecule has 1 aromatic carbocycles. The smallest absolute Gasteiger partial charge is 0.411 e. The number of carboxylic acid groups (broad SMARTS) is 1. The van der Waals surface area contributed by atoms with Crippen molar-refractivity contribution in [1.82, 2.24) is 19.7 Å². The van der Waals surface area contributed by atoms with Crippen molar-refractivity contribution in [2.75, 3.05) is 33.7 Å². The molecule has 28 heavy (non-hydrogen) atoms. The molecule has 1 fully saturated rings. The molecule has 4 rings (SSSR count). The summed E-state index contributed by atoms with van der Waals surface area (Å²) in [6, 6.07) is 6.05. The van der Waals surface area contributed by atoms with Crippen LogP contribution in [0.25, 0.3) is 15.9 Å². The molecule has 8 heteroatoms. The first-order valence-corrected chi connectivity index (χ1v) is 10.2. The van der Waals surface area contributed by atoms with Gasteiger partial charge in [0.25, 0.3) is 0 Å². The Morgan fingerprint density at radius 2 is 2.07 bits per heavy atom. The van der Waals surface area contributed by atoms with Gasteiger partial charge in [0.15, 0.2) is 0 Å². The van der Waals surface area contributed by atoms with Crippen LogP contribution in [0.2, 0.25) is 0 Å². The minimum absolute atomic E-state index is 0.0776. The number of hydrogen-bond acceptors (Lipinski definition) is 5. The number of amides is 2. The molecule has 7 nitrogen and oxygen atoms in total. The second kappa shape index (κ2) is 7.18. The van der Waals surface area contributed by atoms with Crippen molar-refractivity contribution >= 4 is 39.3 Å². The standard InChI is InChI=1S/C20H24N4O3S/c1-12-4-6-15(24(9-12)20(26)27)13-5-7-17-14(8-13)21-19(28-17)16-10-23(3)18(25)11-22(16)2/h5-8,12,16H,4,9-11H2,1-3H3,(H,26,27)/t12-,16?/m0/s1. The van der Waals surface area contributed by atoms with Crippen LogP contribution in [0.4, 0.5) is 4.79 Å². The van der Waals surface area contributed by atoms with E-state index in [1.807, 2.05) is 43.3 Å². The number of likely N-dealkylation sites (N-methyl/N-ethyl adjacent to an activating group) is 2. The summed E-state index contributed by atoms with van der Waals surface area (Å²) in [6.07, 6.45) is 1.95. The zero-order valence-electron chi connectivity index (χ0n) is 16.3. The third-order valence-corrected chi connectivity index (χ3v) is 6.64. The van der Waals surface area contributed by atoms with E-state index in [0.717, 1.165) is 32.9 Å². The Labute approximate surface area is 167 Å². The van der Waals surface area contributed by atoms with E-state index < -0.39 is 6.09 Å². The van der Waals surface area contributed by atoms with Crippen LogP contribution in [0, 0.1) is 5.92 Å². The number of carbonyl (C=O) groups is 2. The highest BCUT2D eigenvalue weighted by Crippen LogP contribution is 2.34. The van der Waals surface area contributed by atoms with Crippen LogP contribution in [0.3, 0.4) is 0 Å². The third kappa shape index (κ3) is 3.38. The number of rotatable bonds is 2. The number of fused-ring (bicyclic) bond motifs is 1. The molecule has 3 heterocycles. The molecule has 1 saturated heterocycles. The normalized spacial score (nSPS) is 24.0. The van der Waals surface area contributed by atoms with Crippen LogP contribution in [0.5, 0.6) is 0 Å². The fourth-order valence-electron chi connectivity index (χ4n) is 3.82. The second-order valence-corrected chi connectivity index (χ2v) is 8.83. The van der Waals surface area contributed by atoms with Crippen molar-refractivity contribution in [3.05, 3.63) is 34.8 Å². The molecule has 0 bridgehead atoms. The molecular formula is C20H24N4O3S. The summed E-state index contributed by atoms with van der Waals surface area (Å²) in [7, 11) is 3.77. The Morgan fingerprint density at radius 1 is 1.29 bits per heavy atom. The predicted molar refractivity (Wildman–Crippen MR) is 109 cm³/mol. The van der Waals surface area contributed by atoms with Crippen molar-refractivity contribution < 1.29 is 14.7 Å². The lowest BCUT2D eigenvalue weighted by atomic mass is 9.98. The molecule has 2 atom stereocenters. The van der Waals surface area contributed by atoms with Crippen molar-refractivity contribution in [1.29, 1.82) is 0 Å². The summed E-state index contributed by atoms with van der Waals surface area (Å²) >= 11 is 1.63. The quantitative estimate of drug-likeness (QED) is 0.838. The first-order valence-electron chi connectivity index (χ1n) is 9.39. The molecule has 0 aliphatic carbocycles. The van der Waals surface area contributed by atoms with Crippen LogP contribution >= 0.6 is 11.3 Å². The average molecular weight is 401 g/mol. The van der Waals surface area contributed by atoms with Gasteiger partial charge in [-0.15, -0.1) is 11.3 Å². The van der Waals surface area contributed by atoms with Gasteiger partial charge >= 0.3 is 6.09 Å². The molecular weight excluding hydrogens is 376 g/mol. The van der Waals surface area contributed by atoms with Gasteiger partial charge in [-0.05, 0) is 31.5 Å². The number of allylic oxidation sites excluding steroid dienone is 1. The number of thiazole rings is 1. The Bertz CT molecular complexity index is 970. The molecule has 1 unspecified atom stereocenters. The Hall–Kier alpha value is -2.45. The Balaban J connectivity index is 1.67. The molecule has 2 aliphatic rings. The number of carbonyl (C=O) groups excluding carboxylic acids is 1. The van der Waals surface area contributed by atoms with Crippen molar-refractivity contribution in [2.45, 2.75) is 19.4 Å². The number of benzene rings is 1. The predicted octanol–water partition coefficient (Wildman–Crippen LogP) is 3.10. The maximum absolute atomic E-state index is 11.9. The fraction of sp³-hybridized carbons (Fsp3) is 0.450. The summed E-state index contributed by atoms with van der Waals surface area (Å²) in [5, 5.41) is 10.6. The van der Waals surface area contributed by atoms with Crippen LogP contribution in [-0.4, -0.2) is 70.5 Å². The highest BCUT2D eigenvalue weighted by atomic mass is 32.1. The lowest BCUT2D eigenvalue weighted by molar-refractivity contribution is -0.136. The van der Waals surface area contributed by atoms with Gasteiger partial charge in [-0.25, -0.2) is 9.78 Å². The minimum atomic E-state index is -0.923. The molecule has 0 spiro atoms. The minimum Gasteiger partial charge on any atom is -0.465 e. The topological polar surface area (TPSA) is 77.0 Å². The van der Waals surface area contributed by atoms with E-state index in [1.165, 1.54) is 4.90 Å². The van der Waals surface area contributed by atoms with Crippen molar-refractivity contribution in [3.63, 3.8) is 0 Å².